The average Bonchev–Trinajstić information content (AvgIpc) is 3.16. The predicted molar refractivity (Wildman–Crippen MR) is 207 cm³/mol. The molecule has 2 aliphatic carbocycles. The highest BCUT2D eigenvalue weighted by molar-refractivity contribution is 5.87. The molecule has 4 aromatic rings. The zero-order valence-corrected chi connectivity index (χ0v) is 31.3. The Bertz CT molecular complexity index is 1920. The van der Waals surface area contributed by atoms with Crippen LogP contribution in [0.1, 0.15) is 162 Å². The lowest BCUT2D eigenvalue weighted by Gasteiger charge is -2.27. The molecule has 0 radical (unpaired) electrons. The molecule has 0 aliphatic heterocycles. The smallest absolute Gasteiger partial charge is 0.339 e. The normalized spacial score (nSPS) is 15.3. The van der Waals surface area contributed by atoms with Crippen molar-refractivity contribution in [1.29, 1.82) is 0 Å². The Morgan fingerprint density at radius 3 is 1.71 bits per heavy atom. The second-order valence-electron chi connectivity index (χ2n) is 15.3. The molecule has 2 unspecified atom stereocenters. The molecule has 0 saturated heterocycles. The Morgan fingerprint density at radius 1 is 0.654 bits per heavy atom. The fourth-order valence-electron chi connectivity index (χ4n) is 8.66. The maximum Gasteiger partial charge on any atom is 0.339 e. The number of ether oxygens (including phenoxy) is 1. The van der Waals surface area contributed by atoms with E-state index >= 15 is 0 Å². The van der Waals surface area contributed by atoms with E-state index in [1.54, 1.807) is 12.1 Å². The number of aryl methyl sites for hydroxylation is 2. The number of fused-ring (bicyclic) bond motifs is 6. The molecule has 1 N–H and O–H groups in total. The van der Waals surface area contributed by atoms with E-state index in [1.807, 2.05) is 24.3 Å². The van der Waals surface area contributed by atoms with Crippen molar-refractivity contribution in [3.05, 3.63) is 90.6 Å². The van der Waals surface area contributed by atoms with E-state index in [-0.39, 0.29) is 23.6 Å². The van der Waals surface area contributed by atoms with Crippen LogP contribution in [-0.4, -0.2) is 17.2 Å². The Labute approximate surface area is 308 Å². The van der Waals surface area contributed by atoms with Gasteiger partial charge in [-0.1, -0.05) is 108 Å². The van der Waals surface area contributed by atoms with Gasteiger partial charge in [0.15, 0.2) is 0 Å². The van der Waals surface area contributed by atoms with Crippen molar-refractivity contribution in [2.24, 2.45) is 0 Å². The lowest BCUT2D eigenvalue weighted by Crippen LogP contribution is -2.29. The van der Waals surface area contributed by atoms with Crippen LogP contribution in [0.2, 0.25) is 0 Å². The number of aliphatic hydroxyl groups is 1. The molecule has 7 heteroatoms. The largest absolute Gasteiger partial charge is 0.459 e. The Morgan fingerprint density at radius 2 is 1.13 bits per heavy atom. The van der Waals surface area contributed by atoms with Crippen LogP contribution in [0.3, 0.4) is 0 Å². The molecule has 6 rings (SSSR count). The second kappa shape index (κ2) is 18.9. The van der Waals surface area contributed by atoms with Crippen molar-refractivity contribution in [2.45, 2.75) is 167 Å². The second-order valence-corrected chi connectivity index (χ2v) is 15.3. The average molecular weight is 711 g/mol. The highest BCUT2D eigenvalue weighted by Crippen LogP contribution is 2.36. The summed E-state index contributed by atoms with van der Waals surface area (Å²) in [6, 6.07) is 11.1. The van der Waals surface area contributed by atoms with Crippen LogP contribution in [0.15, 0.2) is 54.8 Å². The molecular formula is C45H58O7. The molecule has 52 heavy (non-hydrogen) atoms. The fraction of sp³-hybridized carbons (Fsp3) is 0.578. The monoisotopic (exact) mass is 710 g/mol. The standard InChI is InChI=1S/C45H58O7/c1-2-3-4-5-6-7-8-9-10-11-12-13-14-29-40(46)50-39(30-31-21-19-27-37-41(31)32-22-15-17-24-34(32)44(48)51-37)43(47)36-26-20-28-38-42(36)33-23-16-18-25-35(33)45(49)52-38/h19-21,26-28,39,43,47H,2-18,22-25,29-30H2,1H3. The van der Waals surface area contributed by atoms with Gasteiger partial charge in [0.05, 0.1) is 0 Å². The number of rotatable bonds is 19. The van der Waals surface area contributed by atoms with Crippen molar-refractivity contribution in [1.82, 2.24) is 0 Å². The summed E-state index contributed by atoms with van der Waals surface area (Å²) in [5.41, 5.74) is 5.24. The van der Waals surface area contributed by atoms with E-state index in [9.17, 15) is 19.5 Å². The molecule has 0 saturated carbocycles. The minimum Gasteiger partial charge on any atom is -0.459 e. The third-order valence-electron chi connectivity index (χ3n) is 11.5. The van der Waals surface area contributed by atoms with E-state index in [2.05, 4.69) is 6.92 Å². The third-order valence-corrected chi connectivity index (χ3v) is 11.5. The zero-order valence-electron chi connectivity index (χ0n) is 31.3. The van der Waals surface area contributed by atoms with Crippen LogP contribution in [-0.2, 0) is 41.6 Å². The first-order valence-corrected chi connectivity index (χ1v) is 20.5. The van der Waals surface area contributed by atoms with E-state index in [0.717, 1.165) is 90.8 Å². The Balaban J connectivity index is 1.17. The van der Waals surface area contributed by atoms with Gasteiger partial charge >= 0.3 is 17.2 Å². The van der Waals surface area contributed by atoms with Crippen LogP contribution in [0, 0.1) is 0 Å². The van der Waals surface area contributed by atoms with Gasteiger partial charge in [-0.3, -0.25) is 4.79 Å². The van der Waals surface area contributed by atoms with Gasteiger partial charge in [-0.25, -0.2) is 9.59 Å². The Kier molecular flexibility index (Phi) is 13.8. The quantitative estimate of drug-likeness (QED) is 0.0586. The number of esters is 1. The zero-order chi connectivity index (χ0) is 36.3. The summed E-state index contributed by atoms with van der Waals surface area (Å²) in [4.78, 5) is 39.3. The van der Waals surface area contributed by atoms with E-state index in [1.165, 1.54) is 64.2 Å². The van der Waals surface area contributed by atoms with Crippen LogP contribution in [0.4, 0.5) is 0 Å². The Hall–Kier alpha value is -3.71. The summed E-state index contributed by atoms with van der Waals surface area (Å²) in [6.07, 6.45) is 21.1. The number of benzene rings is 2. The summed E-state index contributed by atoms with van der Waals surface area (Å²) in [6.45, 7) is 2.26. The molecule has 0 bridgehead atoms. The lowest BCUT2D eigenvalue weighted by atomic mass is 9.85. The number of carbonyl (C=O) groups excluding carboxylic acids is 1. The molecule has 2 aliphatic rings. The molecule has 0 spiro atoms. The first kappa shape index (κ1) is 38.0. The summed E-state index contributed by atoms with van der Waals surface area (Å²) < 4.78 is 17.8. The fourth-order valence-corrected chi connectivity index (χ4v) is 8.66. The molecule has 2 aromatic heterocycles. The predicted octanol–water partition coefficient (Wildman–Crippen LogP) is 10.3. The number of hydrogen-bond acceptors (Lipinski definition) is 7. The van der Waals surface area contributed by atoms with Gasteiger partial charge in [-0.2, -0.15) is 0 Å². The van der Waals surface area contributed by atoms with Gasteiger partial charge < -0.3 is 18.7 Å². The maximum absolute atomic E-state index is 13.5. The number of hydrogen-bond donors (Lipinski definition) is 1. The van der Waals surface area contributed by atoms with Crippen molar-refractivity contribution < 1.29 is 23.5 Å². The molecule has 2 atom stereocenters. The van der Waals surface area contributed by atoms with E-state index in [0.29, 0.717) is 41.6 Å². The van der Waals surface area contributed by atoms with Crippen molar-refractivity contribution in [3.63, 3.8) is 0 Å². The first-order valence-electron chi connectivity index (χ1n) is 20.5. The summed E-state index contributed by atoms with van der Waals surface area (Å²) in [7, 11) is 0. The highest BCUT2D eigenvalue weighted by atomic mass is 16.6. The molecule has 2 aromatic carbocycles. The number of unbranched alkanes of at least 4 members (excludes halogenated alkanes) is 12. The summed E-state index contributed by atoms with van der Waals surface area (Å²) in [5.74, 6) is -0.324. The minimum absolute atomic E-state index is 0.248. The molecule has 0 fully saturated rings. The summed E-state index contributed by atoms with van der Waals surface area (Å²) in [5, 5.41) is 13.9. The van der Waals surface area contributed by atoms with Crippen LogP contribution < -0.4 is 11.3 Å². The number of carbonyl (C=O) groups is 1. The van der Waals surface area contributed by atoms with Crippen LogP contribution >= 0.6 is 0 Å². The summed E-state index contributed by atoms with van der Waals surface area (Å²) >= 11 is 0. The topological polar surface area (TPSA) is 107 Å². The maximum atomic E-state index is 13.5. The lowest BCUT2D eigenvalue weighted by molar-refractivity contribution is -0.155. The van der Waals surface area contributed by atoms with Crippen molar-refractivity contribution in [3.8, 4) is 0 Å². The van der Waals surface area contributed by atoms with E-state index in [4.69, 9.17) is 13.6 Å². The number of aliphatic hydroxyl groups excluding tert-OH is 1. The van der Waals surface area contributed by atoms with Crippen LogP contribution in [0.5, 0.6) is 0 Å². The SMILES string of the molecule is CCCCCCCCCCCCCCCC(=O)OC(Cc1cccc2oc(=O)c3c(c12)CCCC3)C(O)c1cccc2oc(=O)c3c(c12)CCCC3. The third kappa shape index (κ3) is 9.25. The highest BCUT2D eigenvalue weighted by Gasteiger charge is 2.31. The molecule has 7 nitrogen and oxygen atoms in total. The van der Waals surface area contributed by atoms with E-state index < -0.39 is 12.2 Å². The van der Waals surface area contributed by atoms with Gasteiger partial charge in [0.1, 0.15) is 23.4 Å². The van der Waals surface area contributed by atoms with Gasteiger partial charge in [-0.15, -0.1) is 0 Å². The molecule has 2 heterocycles. The first-order chi connectivity index (χ1) is 25.5. The molecular weight excluding hydrogens is 652 g/mol. The van der Waals surface area contributed by atoms with Gasteiger partial charge in [0.25, 0.3) is 0 Å². The van der Waals surface area contributed by atoms with Crippen molar-refractivity contribution >= 4 is 27.9 Å². The van der Waals surface area contributed by atoms with Gasteiger partial charge in [0, 0.05) is 34.7 Å². The molecule has 0 amide bonds. The van der Waals surface area contributed by atoms with Gasteiger partial charge in [-0.05, 0) is 92.2 Å². The molecule has 280 valence electrons. The van der Waals surface area contributed by atoms with Crippen LogP contribution in [0.25, 0.3) is 21.9 Å². The minimum atomic E-state index is -1.17. The van der Waals surface area contributed by atoms with Gasteiger partial charge in [0.2, 0.25) is 0 Å². The van der Waals surface area contributed by atoms with Crippen molar-refractivity contribution in [2.75, 3.05) is 0 Å².